The average Bonchev–Trinajstić information content (AvgIpc) is 2.35. The SMILES string of the molecule is CCOC(=O)C1C[C@H]2CC(NC(=O)OC(C)(C)C)C[C@@H](C1)N2. The number of hydrogen-bond acceptors (Lipinski definition) is 5. The molecule has 0 radical (unpaired) electrons. The zero-order valence-corrected chi connectivity index (χ0v) is 14.0. The van der Waals surface area contributed by atoms with Crippen molar-refractivity contribution in [1.29, 1.82) is 0 Å². The van der Waals surface area contributed by atoms with Crippen LogP contribution in [-0.4, -0.2) is 42.4 Å². The summed E-state index contributed by atoms with van der Waals surface area (Å²) in [6.07, 6.45) is 2.85. The number of ether oxygens (including phenoxy) is 2. The third kappa shape index (κ3) is 4.87. The Balaban J connectivity index is 1.85. The summed E-state index contributed by atoms with van der Waals surface area (Å²) in [4.78, 5) is 23.8. The summed E-state index contributed by atoms with van der Waals surface area (Å²) in [6.45, 7) is 7.83. The molecule has 6 heteroatoms. The van der Waals surface area contributed by atoms with E-state index in [0.29, 0.717) is 6.61 Å². The number of amides is 1. The first-order valence-corrected chi connectivity index (χ1v) is 8.19. The molecule has 0 saturated carbocycles. The predicted molar refractivity (Wildman–Crippen MR) is 82.5 cm³/mol. The fourth-order valence-corrected chi connectivity index (χ4v) is 3.41. The largest absolute Gasteiger partial charge is 0.466 e. The van der Waals surface area contributed by atoms with Crippen molar-refractivity contribution in [3.63, 3.8) is 0 Å². The van der Waals surface area contributed by atoms with Gasteiger partial charge in [-0.25, -0.2) is 4.79 Å². The molecule has 0 aromatic carbocycles. The lowest BCUT2D eigenvalue weighted by atomic mass is 9.78. The average molecular weight is 312 g/mol. The van der Waals surface area contributed by atoms with Crippen LogP contribution in [0.3, 0.4) is 0 Å². The van der Waals surface area contributed by atoms with Gasteiger partial charge in [0.25, 0.3) is 0 Å². The third-order valence-corrected chi connectivity index (χ3v) is 4.09. The molecule has 126 valence electrons. The molecule has 2 heterocycles. The van der Waals surface area contributed by atoms with E-state index in [-0.39, 0.29) is 36.1 Å². The first-order chi connectivity index (χ1) is 10.3. The highest BCUT2D eigenvalue weighted by molar-refractivity contribution is 5.72. The van der Waals surface area contributed by atoms with Gasteiger partial charge < -0.3 is 20.1 Å². The Morgan fingerprint density at radius 2 is 1.73 bits per heavy atom. The number of alkyl carbamates (subject to hydrolysis) is 1. The minimum absolute atomic E-state index is 0.0151. The fraction of sp³-hybridized carbons (Fsp3) is 0.875. The van der Waals surface area contributed by atoms with Gasteiger partial charge in [0.05, 0.1) is 12.5 Å². The van der Waals surface area contributed by atoms with E-state index in [2.05, 4.69) is 10.6 Å². The second-order valence-electron chi connectivity index (χ2n) is 7.30. The Hall–Kier alpha value is -1.30. The van der Waals surface area contributed by atoms with Crippen molar-refractivity contribution >= 4 is 12.1 Å². The number of carbonyl (C=O) groups is 2. The quantitative estimate of drug-likeness (QED) is 0.779. The molecule has 0 aromatic heterocycles. The standard InChI is InChI=1S/C16H28N2O4/c1-5-21-14(19)10-6-11-8-13(9-12(7-10)17-11)18-15(20)22-16(2,3)4/h10-13,17H,5-9H2,1-4H3,(H,18,20)/t10?,11-,12+,13?. The van der Waals surface area contributed by atoms with Crippen molar-refractivity contribution in [2.75, 3.05) is 6.61 Å². The Morgan fingerprint density at radius 3 is 2.23 bits per heavy atom. The van der Waals surface area contributed by atoms with Crippen molar-refractivity contribution in [3.05, 3.63) is 0 Å². The van der Waals surface area contributed by atoms with Gasteiger partial charge in [0.1, 0.15) is 5.60 Å². The molecule has 0 aromatic rings. The summed E-state index contributed by atoms with van der Waals surface area (Å²) in [5.74, 6) is -0.101. The van der Waals surface area contributed by atoms with Gasteiger partial charge in [-0.15, -0.1) is 0 Å². The molecule has 2 saturated heterocycles. The number of nitrogens with one attached hydrogen (secondary N) is 2. The van der Waals surface area contributed by atoms with Gasteiger partial charge in [0.15, 0.2) is 0 Å². The van der Waals surface area contributed by atoms with E-state index < -0.39 is 5.60 Å². The maximum atomic E-state index is 11.9. The van der Waals surface area contributed by atoms with Crippen molar-refractivity contribution in [1.82, 2.24) is 10.6 Å². The summed E-state index contributed by atoms with van der Waals surface area (Å²) < 4.78 is 10.4. The van der Waals surface area contributed by atoms with E-state index in [1.54, 1.807) is 0 Å². The van der Waals surface area contributed by atoms with Gasteiger partial charge >= 0.3 is 12.1 Å². The summed E-state index contributed by atoms with van der Waals surface area (Å²) in [6, 6.07) is 0.609. The first-order valence-electron chi connectivity index (χ1n) is 8.19. The summed E-state index contributed by atoms with van der Waals surface area (Å²) in [7, 11) is 0. The molecule has 0 spiro atoms. The van der Waals surface area contributed by atoms with Gasteiger partial charge in [-0.3, -0.25) is 4.79 Å². The lowest BCUT2D eigenvalue weighted by Gasteiger charge is -2.43. The summed E-state index contributed by atoms with van der Waals surface area (Å²) in [5, 5.41) is 6.49. The maximum Gasteiger partial charge on any atom is 0.407 e. The van der Waals surface area contributed by atoms with Crippen LogP contribution in [0.15, 0.2) is 0 Å². The Labute approximate surface area is 132 Å². The Kier molecular flexibility index (Phi) is 5.32. The van der Waals surface area contributed by atoms with Crippen LogP contribution in [0.2, 0.25) is 0 Å². The minimum Gasteiger partial charge on any atom is -0.466 e. The molecule has 2 unspecified atom stereocenters. The number of rotatable bonds is 3. The van der Waals surface area contributed by atoms with Crippen molar-refractivity contribution in [2.24, 2.45) is 5.92 Å². The van der Waals surface area contributed by atoms with Gasteiger partial charge in [-0.1, -0.05) is 0 Å². The molecule has 2 N–H and O–H groups in total. The zero-order chi connectivity index (χ0) is 16.3. The van der Waals surface area contributed by atoms with E-state index in [1.807, 2.05) is 27.7 Å². The Bertz CT molecular complexity index is 405. The molecular weight excluding hydrogens is 284 g/mol. The topological polar surface area (TPSA) is 76.7 Å². The van der Waals surface area contributed by atoms with Crippen LogP contribution < -0.4 is 10.6 Å². The number of piperidine rings is 2. The molecular formula is C16H28N2O4. The molecule has 2 fully saturated rings. The number of fused-ring (bicyclic) bond motifs is 2. The summed E-state index contributed by atoms with van der Waals surface area (Å²) >= 11 is 0. The third-order valence-electron chi connectivity index (χ3n) is 4.09. The monoisotopic (exact) mass is 312 g/mol. The smallest absolute Gasteiger partial charge is 0.407 e. The van der Waals surface area contributed by atoms with Gasteiger partial charge in [0, 0.05) is 18.1 Å². The molecule has 2 aliphatic rings. The fourth-order valence-electron chi connectivity index (χ4n) is 3.41. The van der Waals surface area contributed by atoms with Crippen LogP contribution in [0.4, 0.5) is 4.79 Å². The van der Waals surface area contributed by atoms with Crippen molar-refractivity contribution in [2.45, 2.75) is 77.1 Å². The van der Waals surface area contributed by atoms with Crippen LogP contribution in [0, 0.1) is 5.92 Å². The molecule has 4 atom stereocenters. The van der Waals surface area contributed by atoms with Crippen LogP contribution in [-0.2, 0) is 14.3 Å². The van der Waals surface area contributed by atoms with E-state index >= 15 is 0 Å². The van der Waals surface area contributed by atoms with Crippen LogP contribution >= 0.6 is 0 Å². The second-order valence-corrected chi connectivity index (χ2v) is 7.30. The van der Waals surface area contributed by atoms with Crippen LogP contribution in [0.1, 0.15) is 53.4 Å². The molecule has 0 aliphatic carbocycles. The van der Waals surface area contributed by atoms with Gasteiger partial charge in [0.2, 0.25) is 0 Å². The maximum absolute atomic E-state index is 11.9. The van der Waals surface area contributed by atoms with E-state index in [4.69, 9.17) is 9.47 Å². The van der Waals surface area contributed by atoms with E-state index in [0.717, 1.165) is 25.7 Å². The highest BCUT2D eigenvalue weighted by atomic mass is 16.6. The summed E-state index contributed by atoms with van der Waals surface area (Å²) in [5.41, 5.74) is -0.484. The molecule has 2 bridgehead atoms. The number of esters is 1. The number of hydrogen-bond donors (Lipinski definition) is 2. The first kappa shape index (κ1) is 17.1. The second kappa shape index (κ2) is 6.86. The molecule has 22 heavy (non-hydrogen) atoms. The van der Waals surface area contributed by atoms with E-state index in [1.165, 1.54) is 0 Å². The highest BCUT2D eigenvalue weighted by Crippen LogP contribution is 2.30. The van der Waals surface area contributed by atoms with Gasteiger partial charge in [-0.2, -0.15) is 0 Å². The molecule has 1 amide bonds. The van der Waals surface area contributed by atoms with Crippen molar-refractivity contribution in [3.8, 4) is 0 Å². The lowest BCUT2D eigenvalue weighted by molar-refractivity contribution is -0.150. The minimum atomic E-state index is -0.484. The van der Waals surface area contributed by atoms with Crippen LogP contribution in [0.5, 0.6) is 0 Å². The predicted octanol–water partition coefficient (Wildman–Crippen LogP) is 1.97. The van der Waals surface area contributed by atoms with Gasteiger partial charge in [-0.05, 0) is 53.4 Å². The van der Waals surface area contributed by atoms with Crippen LogP contribution in [0.25, 0.3) is 0 Å². The molecule has 6 nitrogen and oxygen atoms in total. The highest BCUT2D eigenvalue weighted by Gasteiger charge is 2.39. The zero-order valence-electron chi connectivity index (χ0n) is 14.0. The normalized spacial score (nSPS) is 31.3. The lowest BCUT2D eigenvalue weighted by Crippen LogP contribution is -2.57. The Morgan fingerprint density at radius 1 is 1.14 bits per heavy atom. The number of carbonyl (C=O) groups excluding carboxylic acids is 2. The molecule has 2 aliphatic heterocycles. The van der Waals surface area contributed by atoms with E-state index in [9.17, 15) is 9.59 Å². The molecule has 2 rings (SSSR count). The van der Waals surface area contributed by atoms with Crippen molar-refractivity contribution < 1.29 is 19.1 Å².